The first-order valence-electron chi connectivity index (χ1n) is 7.26. The van der Waals surface area contributed by atoms with Crippen molar-refractivity contribution in [1.29, 1.82) is 0 Å². The van der Waals surface area contributed by atoms with E-state index >= 15 is 0 Å². The molecule has 0 spiro atoms. The van der Waals surface area contributed by atoms with E-state index in [9.17, 15) is 9.90 Å². The molecule has 3 rings (SSSR count). The Bertz CT molecular complexity index is 829. The van der Waals surface area contributed by atoms with Gasteiger partial charge < -0.3 is 10.4 Å². The zero-order valence-corrected chi connectivity index (χ0v) is 14.3. The number of amides is 1. The van der Waals surface area contributed by atoms with Crippen molar-refractivity contribution in [2.45, 2.75) is 11.0 Å². The number of carbonyl (C=O) groups is 1. The lowest BCUT2D eigenvalue weighted by Gasteiger charge is -2.13. The Morgan fingerprint density at radius 2 is 1.96 bits per heavy atom. The molecule has 0 saturated heterocycles. The number of nitrogens with one attached hydrogen (secondary N) is 1. The number of hydrogen-bond donors (Lipinski definition) is 2. The molecule has 0 unspecified atom stereocenters. The summed E-state index contributed by atoms with van der Waals surface area (Å²) >= 11 is 3.14. The highest BCUT2D eigenvalue weighted by molar-refractivity contribution is 7.98. The van der Waals surface area contributed by atoms with E-state index in [1.807, 2.05) is 54.1 Å². The predicted octanol–water partition coefficient (Wildman–Crippen LogP) is 4.09. The fourth-order valence-electron chi connectivity index (χ4n) is 2.48. The Morgan fingerprint density at radius 3 is 2.78 bits per heavy atom. The molecule has 5 heteroatoms. The number of carbonyl (C=O) groups excluding carboxylic acids is 1. The van der Waals surface area contributed by atoms with E-state index in [1.54, 1.807) is 17.4 Å². The van der Waals surface area contributed by atoms with Gasteiger partial charge in [-0.3, -0.25) is 4.79 Å². The van der Waals surface area contributed by atoms with Crippen molar-refractivity contribution in [2.24, 2.45) is 0 Å². The number of aliphatic hydroxyl groups excluding tert-OH is 1. The fraction of sp³-hybridized carbons (Fsp3) is 0.167. The van der Waals surface area contributed by atoms with Crippen molar-refractivity contribution in [1.82, 2.24) is 5.32 Å². The largest absolute Gasteiger partial charge is 0.387 e. The highest BCUT2D eigenvalue weighted by atomic mass is 32.2. The molecule has 118 valence electrons. The van der Waals surface area contributed by atoms with Gasteiger partial charge in [0.2, 0.25) is 0 Å². The summed E-state index contributed by atoms with van der Waals surface area (Å²) in [5.41, 5.74) is 1.51. The third-order valence-corrected chi connectivity index (χ3v) is 5.46. The Balaban J connectivity index is 1.71. The first kappa shape index (κ1) is 16.1. The maximum Gasteiger partial charge on any atom is 0.252 e. The van der Waals surface area contributed by atoms with E-state index in [2.05, 4.69) is 5.32 Å². The van der Waals surface area contributed by atoms with E-state index in [0.717, 1.165) is 20.5 Å². The number of rotatable bonds is 5. The van der Waals surface area contributed by atoms with Crippen LogP contribution in [-0.4, -0.2) is 23.8 Å². The molecule has 0 bridgehead atoms. The van der Waals surface area contributed by atoms with Crippen LogP contribution < -0.4 is 5.32 Å². The van der Waals surface area contributed by atoms with Gasteiger partial charge in [-0.25, -0.2) is 0 Å². The van der Waals surface area contributed by atoms with Gasteiger partial charge in [-0.05, 0) is 35.2 Å². The van der Waals surface area contributed by atoms with Gasteiger partial charge >= 0.3 is 0 Å². The summed E-state index contributed by atoms with van der Waals surface area (Å²) in [6, 6.07) is 15.4. The molecule has 0 fully saturated rings. The normalized spacial score (nSPS) is 12.3. The lowest BCUT2D eigenvalue weighted by Crippen LogP contribution is -2.28. The summed E-state index contributed by atoms with van der Waals surface area (Å²) in [5.74, 6) is -0.159. The molecule has 1 atom stereocenters. The maximum absolute atomic E-state index is 12.3. The van der Waals surface area contributed by atoms with Gasteiger partial charge in [-0.15, -0.1) is 23.1 Å². The number of benzene rings is 2. The molecule has 3 aromatic rings. The first-order valence-corrected chi connectivity index (χ1v) is 9.36. The number of aliphatic hydroxyl groups is 1. The van der Waals surface area contributed by atoms with E-state index < -0.39 is 6.10 Å². The van der Waals surface area contributed by atoms with E-state index in [-0.39, 0.29) is 12.5 Å². The molecular weight excluding hydrogens is 326 g/mol. The lowest BCUT2D eigenvalue weighted by atomic mass is 10.1. The van der Waals surface area contributed by atoms with Gasteiger partial charge in [0.25, 0.3) is 5.91 Å². The molecule has 0 radical (unpaired) electrons. The molecule has 0 aliphatic rings. The molecule has 0 saturated carbocycles. The second kappa shape index (κ2) is 7.17. The minimum absolute atomic E-state index is 0.159. The van der Waals surface area contributed by atoms with E-state index in [4.69, 9.17) is 0 Å². The average molecular weight is 343 g/mol. The summed E-state index contributed by atoms with van der Waals surface area (Å²) in [6.07, 6.45) is 1.23. The quantitative estimate of drug-likeness (QED) is 0.686. The summed E-state index contributed by atoms with van der Waals surface area (Å²) in [6.45, 7) is 0.197. The summed E-state index contributed by atoms with van der Waals surface area (Å²) in [4.78, 5) is 13.3. The minimum atomic E-state index is -0.712. The van der Waals surface area contributed by atoms with E-state index in [0.29, 0.717) is 5.56 Å². The van der Waals surface area contributed by atoms with Crippen LogP contribution in [0.5, 0.6) is 0 Å². The van der Waals surface area contributed by atoms with Crippen molar-refractivity contribution in [3.8, 4) is 0 Å². The molecular formula is C18H17NO2S2. The zero-order valence-electron chi connectivity index (χ0n) is 12.7. The van der Waals surface area contributed by atoms with Crippen LogP contribution in [0.15, 0.2) is 58.8 Å². The van der Waals surface area contributed by atoms with Crippen LogP contribution in [-0.2, 0) is 0 Å². The standard InChI is InChI=1S/C18H17NO2S2/c1-22-16-8-4-3-7-13(16)18(21)19-10-15(20)14-11-23-17-9-5-2-6-12(14)17/h2-9,11,15,20H,10H2,1H3,(H,19,21)/t15-/m1/s1. The third-order valence-electron chi connectivity index (χ3n) is 3.68. The number of thioether (sulfide) groups is 1. The third kappa shape index (κ3) is 3.42. The number of fused-ring (bicyclic) bond motifs is 1. The average Bonchev–Trinajstić information content (AvgIpc) is 3.03. The molecule has 0 aliphatic heterocycles. The van der Waals surface area contributed by atoms with E-state index in [1.165, 1.54) is 11.8 Å². The van der Waals surface area contributed by atoms with Gasteiger partial charge in [0.05, 0.1) is 11.7 Å². The van der Waals surface area contributed by atoms with Crippen LogP contribution in [0, 0.1) is 0 Å². The Hall–Kier alpha value is -1.82. The summed E-state index contributed by atoms with van der Waals surface area (Å²) in [7, 11) is 0. The Kier molecular flexibility index (Phi) is 5.00. The molecule has 1 aromatic heterocycles. The topological polar surface area (TPSA) is 49.3 Å². The lowest BCUT2D eigenvalue weighted by molar-refractivity contribution is 0.0914. The zero-order chi connectivity index (χ0) is 16.2. The predicted molar refractivity (Wildman–Crippen MR) is 97.3 cm³/mol. The van der Waals surface area contributed by atoms with Crippen molar-refractivity contribution in [2.75, 3.05) is 12.8 Å². The number of hydrogen-bond acceptors (Lipinski definition) is 4. The van der Waals surface area contributed by atoms with Gasteiger partial charge in [-0.2, -0.15) is 0 Å². The van der Waals surface area contributed by atoms with Gasteiger partial charge in [0, 0.05) is 21.7 Å². The van der Waals surface area contributed by atoms with Crippen molar-refractivity contribution in [3.63, 3.8) is 0 Å². The Labute approximate surface area is 143 Å². The monoisotopic (exact) mass is 343 g/mol. The van der Waals surface area contributed by atoms with Crippen LogP contribution in [0.4, 0.5) is 0 Å². The number of thiophene rings is 1. The highest BCUT2D eigenvalue weighted by Gasteiger charge is 2.16. The molecule has 23 heavy (non-hydrogen) atoms. The van der Waals surface area contributed by atoms with Crippen LogP contribution in [0.3, 0.4) is 0 Å². The summed E-state index contributed by atoms with van der Waals surface area (Å²) < 4.78 is 1.14. The molecule has 1 amide bonds. The first-order chi connectivity index (χ1) is 11.2. The van der Waals surface area contributed by atoms with Gasteiger partial charge in [0.1, 0.15) is 0 Å². The highest BCUT2D eigenvalue weighted by Crippen LogP contribution is 2.30. The Morgan fingerprint density at radius 1 is 1.22 bits per heavy atom. The smallest absolute Gasteiger partial charge is 0.252 e. The van der Waals surface area contributed by atoms with Gasteiger partial charge in [0.15, 0.2) is 0 Å². The SMILES string of the molecule is CSc1ccccc1C(=O)NC[C@@H](O)c1csc2ccccc12. The van der Waals surface area contributed by atoms with Crippen molar-refractivity contribution >= 4 is 39.1 Å². The van der Waals surface area contributed by atoms with Crippen molar-refractivity contribution in [3.05, 3.63) is 65.0 Å². The maximum atomic E-state index is 12.3. The van der Waals surface area contributed by atoms with Crippen LogP contribution in [0.2, 0.25) is 0 Å². The minimum Gasteiger partial charge on any atom is -0.387 e. The molecule has 0 aliphatic carbocycles. The molecule has 3 nitrogen and oxygen atoms in total. The van der Waals surface area contributed by atoms with Crippen LogP contribution in [0.1, 0.15) is 22.0 Å². The van der Waals surface area contributed by atoms with Crippen LogP contribution in [0.25, 0.3) is 10.1 Å². The molecule has 1 heterocycles. The van der Waals surface area contributed by atoms with Crippen molar-refractivity contribution < 1.29 is 9.90 Å². The second-order valence-corrected chi connectivity index (χ2v) is 6.87. The second-order valence-electron chi connectivity index (χ2n) is 5.11. The van der Waals surface area contributed by atoms with Crippen LogP contribution >= 0.6 is 23.1 Å². The molecule has 2 aromatic carbocycles. The molecule has 2 N–H and O–H groups in total. The fourth-order valence-corrected chi connectivity index (χ4v) is 4.09. The van der Waals surface area contributed by atoms with Gasteiger partial charge in [-0.1, -0.05) is 30.3 Å². The summed E-state index contributed by atoms with van der Waals surface area (Å²) in [5, 5.41) is 16.2.